The molecule has 0 atom stereocenters. The number of amides is 1. The Labute approximate surface area is 125 Å². The van der Waals surface area contributed by atoms with Crippen LogP contribution in [-0.2, 0) is 4.79 Å². The summed E-state index contributed by atoms with van der Waals surface area (Å²) < 4.78 is 0. The maximum absolute atomic E-state index is 11.4. The second kappa shape index (κ2) is 8.66. The van der Waals surface area contributed by atoms with Gasteiger partial charge in [-0.25, -0.2) is 0 Å². The molecule has 0 bridgehead atoms. The lowest BCUT2D eigenvalue weighted by molar-refractivity contribution is -0.131. The summed E-state index contributed by atoms with van der Waals surface area (Å²) in [4.78, 5) is 15.9. The zero-order valence-corrected chi connectivity index (χ0v) is 14.1. The van der Waals surface area contributed by atoms with Crippen molar-refractivity contribution < 1.29 is 4.79 Å². The van der Waals surface area contributed by atoms with Crippen LogP contribution in [0.2, 0.25) is 0 Å². The molecule has 3 nitrogen and oxygen atoms in total. The first-order valence-corrected chi connectivity index (χ1v) is 8.47. The monoisotopic (exact) mass is 282 g/mol. The van der Waals surface area contributed by atoms with Crippen molar-refractivity contribution >= 4 is 5.91 Å². The molecule has 0 saturated carbocycles. The van der Waals surface area contributed by atoms with Gasteiger partial charge in [0.1, 0.15) is 0 Å². The molecule has 0 unspecified atom stereocenters. The predicted octanol–water partition coefficient (Wildman–Crippen LogP) is 3.54. The number of carbonyl (C=O) groups excluding carboxylic acids is 1. The third kappa shape index (κ3) is 5.43. The molecule has 1 rings (SSSR count). The third-order valence-corrected chi connectivity index (χ3v) is 5.19. The van der Waals surface area contributed by atoms with E-state index in [2.05, 4.69) is 25.8 Å². The van der Waals surface area contributed by atoms with Gasteiger partial charge in [0.05, 0.1) is 0 Å². The Morgan fingerprint density at radius 2 is 1.80 bits per heavy atom. The van der Waals surface area contributed by atoms with Gasteiger partial charge < -0.3 is 9.80 Å². The number of rotatable bonds is 8. The lowest BCUT2D eigenvalue weighted by Crippen LogP contribution is -2.43. The lowest BCUT2D eigenvalue weighted by Gasteiger charge is -2.42. The van der Waals surface area contributed by atoms with Crippen LogP contribution in [0.1, 0.15) is 65.7 Å². The molecule has 0 aliphatic carbocycles. The molecule has 0 aromatic carbocycles. The van der Waals surface area contributed by atoms with Gasteiger partial charge in [0.15, 0.2) is 0 Å². The van der Waals surface area contributed by atoms with E-state index in [-0.39, 0.29) is 5.91 Å². The average molecular weight is 282 g/mol. The predicted molar refractivity (Wildman–Crippen MR) is 85.9 cm³/mol. The zero-order chi connectivity index (χ0) is 15.0. The fourth-order valence-corrected chi connectivity index (χ4v) is 3.25. The lowest BCUT2D eigenvalue weighted by atomic mass is 9.73. The van der Waals surface area contributed by atoms with Crippen molar-refractivity contribution in [2.75, 3.05) is 33.2 Å². The summed E-state index contributed by atoms with van der Waals surface area (Å²) in [5.74, 6) is 0.242. The Hall–Kier alpha value is -0.570. The molecule has 20 heavy (non-hydrogen) atoms. The van der Waals surface area contributed by atoms with E-state index < -0.39 is 0 Å². The van der Waals surface area contributed by atoms with E-state index >= 15 is 0 Å². The molecule has 0 radical (unpaired) electrons. The van der Waals surface area contributed by atoms with E-state index in [0.29, 0.717) is 5.41 Å². The fraction of sp³-hybridized carbons (Fsp3) is 0.941. The van der Waals surface area contributed by atoms with Crippen LogP contribution in [-0.4, -0.2) is 48.9 Å². The first-order chi connectivity index (χ1) is 9.53. The van der Waals surface area contributed by atoms with Gasteiger partial charge in [-0.2, -0.15) is 0 Å². The van der Waals surface area contributed by atoms with Gasteiger partial charge in [0.2, 0.25) is 5.91 Å². The van der Waals surface area contributed by atoms with Crippen molar-refractivity contribution in [2.24, 2.45) is 5.41 Å². The number of unbranched alkanes of at least 4 members (excludes halogenated alkanes) is 2. The normalized spacial score (nSPS) is 18.6. The standard InChI is InChI=1S/C17H34N2O/c1-5-7-8-12-18(4)13-9-17(6-2)10-14-19(15-11-17)16(3)20/h5-15H2,1-4H3. The van der Waals surface area contributed by atoms with Crippen LogP contribution < -0.4 is 0 Å². The Morgan fingerprint density at radius 3 is 2.30 bits per heavy atom. The van der Waals surface area contributed by atoms with Gasteiger partial charge in [0, 0.05) is 20.0 Å². The van der Waals surface area contributed by atoms with Crippen molar-refractivity contribution in [3.8, 4) is 0 Å². The molecular weight excluding hydrogens is 248 g/mol. The highest BCUT2D eigenvalue weighted by Gasteiger charge is 2.33. The Bertz CT molecular complexity index is 283. The van der Waals surface area contributed by atoms with Crippen LogP contribution in [0, 0.1) is 5.41 Å². The molecule has 0 aromatic heterocycles. The SMILES string of the molecule is CCCCCN(C)CCC1(CC)CCN(C(C)=O)CC1. The van der Waals surface area contributed by atoms with E-state index in [1.807, 2.05) is 4.90 Å². The number of hydrogen-bond acceptors (Lipinski definition) is 2. The van der Waals surface area contributed by atoms with Crippen molar-refractivity contribution in [3.05, 3.63) is 0 Å². The molecule has 118 valence electrons. The number of nitrogens with zero attached hydrogens (tertiary/aromatic N) is 2. The largest absolute Gasteiger partial charge is 0.343 e. The maximum atomic E-state index is 11.4. The van der Waals surface area contributed by atoms with E-state index in [9.17, 15) is 4.79 Å². The molecule has 0 N–H and O–H groups in total. The molecule has 1 aliphatic rings. The van der Waals surface area contributed by atoms with Crippen molar-refractivity contribution in [1.29, 1.82) is 0 Å². The summed E-state index contributed by atoms with van der Waals surface area (Å²) in [7, 11) is 2.25. The molecule has 1 saturated heterocycles. The summed E-state index contributed by atoms with van der Waals surface area (Å²) in [6.45, 7) is 10.6. The number of piperidine rings is 1. The quantitative estimate of drug-likeness (QED) is 0.636. The molecule has 0 spiro atoms. The molecule has 1 aliphatic heterocycles. The Balaban J connectivity index is 2.34. The highest BCUT2D eigenvalue weighted by atomic mass is 16.2. The minimum Gasteiger partial charge on any atom is -0.343 e. The highest BCUT2D eigenvalue weighted by molar-refractivity contribution is 5.73. The van der Waals surface area contributed by atoms with Crippen molar-refractivity contribution in [2.45, 2.75) is 65.7 Å². The average Bonchev–Trinajstić information content (AvgIpc) is 2.46. The second-order valence-corrected chi connectivity index (χ2v) is 6.62. The number of hydrogen-bond donors (Lipinski definition) is 0. The Morgan fingerprint density at radius 1 is 1.15 bits per heavy atom. The van der Waals surface area contributed by atoms with Crippen LogP contribution >= 0.6 is 0 Å². The minimum atomic E-state index is 0.242. The first-order valence-electron chi connectivity index (χ1n) is 8.47. The summed E-state index contributed by atoms with van der Waals surface area (Å²) in [5.41, 5.74) is 0.477. The van der Waals surface area contributed by atoms with Crippen LogP contribution in [0.15, 0.2) is 0 Å². The number of likely N-dealkylation sites (tertiary alicyclic amines) is 1. The summed E-state index contributed by atoms with van der Waals surface area (Å²) in [6.07, 6.45) is 8.88. The van der Waals surface area contributed by atoms with Gasteiger partial charge in [-0.05, 0) is 51.2 Å². The minimum absolute atomic E-state index is 0.242. The summed E-state index contributed by atoms with van der Waals surface area (Å²) >= 11 is 0. The van der Waals surface area contributed by atoms with Gasteiger partial charge in [-0.1, -0.05) is 33.1 Å². The third-order valence-electron chi connectivity index (χ3n) is 5.19. The van der Waals surface area contributed by atoms with E-state index in [1.54, 1.807) is 6.92 Å². The van der Waals surface area contributed by atoms with Gasteiger partial charge >= 0.3 is 0 Å². The van der Waals surface area contributed by atoms with Gasteiger partial charge in [0.25, 0.3) is 0 Å². The summed E-state index contributed by atoms with van der Waals surface area (Å²) in [5, 5.41) is 0. The fourth-order valence-electron chi connectivity index (χ4n) is 3.25. The maximum Gasteiger partial charge on any atom is 0.219 e. The first kappa shape index (κ1) is 17.5. The molecule has 1 amide bonds. The van der Waals surface area contributed by atoms with Crippen molar-refractivity contribution in [1.82, 2.24) is 9.80 Å². The molecule has 1 heterocycles. The molecule has 3 heteroatoms. The van der Waals surface area contributed by atoms with Crippen LogP contribution in [0.25, 0.3) is 0 Å². The van der Waals surface area contributed by atoms with Gasteiger partial charge in [-0.15, -0.1) is 0 Å². The van der Waals surface area contributed by atoms with E-state index in [0.717, 1.165) is 13.1 Å². The van der Waals surface area contributed by atoms with Crippen LogP contribution in [0.4, 0.5) is 0 Å². The Kier molecular flexibility index (Phi) is 7.57. The zero-order valence-electron chi connectivity index (χ0n) is 14.1. The molecule has 0 aromatic rings. The topological polar surface area (TPSA) is 23.6 Å². The number of carbonyl (C=O) groups is 1. The molecular formula is C17H34N2O. The second-order valence-electron chi connectivity index (χ2n) is 6.62. The highest BCUT2D eigenvalue weighted by Crippen LogP contribution is 2.38. The van der Waals surface area contributed by atoms with Crippen LogP contribution in [0.5, 0.6) is 0 Å². The van der Waals surface area contributed by atoms with Crippen LogP contribution in [0.3, 0.4) is 0 Å². The summed E-state index contributed by atoms with van der Waals surface area (Å²) in [6, 6.07) is 0. The smallest absolute Gasteiger partial charge is 0.219 e. The van der Waals surface area contributed by atoms with Gasteiger partial charge in [-0.3, -0.25) is 4.79 Å². The van der Waals surface area contributed by atoms with E-state index in [4.69, 9.17) is 0 Å². The molecule has 1 fully saturated rings. The van der Waals surface area contributed by atoms with E-state index in [1.165, 1.54) is 58.0 Å². The van der Waals surface area contributed by atoms with Crippen molar-refractivity contribution in [3.63, 3.8) is 0 Å².